The summed E-state index contributed by atoms with van der Waals surface area (Å²) < 4.78 is 5.84. The zero-order chi connectivity index (χ0) is 15.0. The van der Waals surface area contributed by atoms with E-state index in [4.69, 9.17) is 10.5 Å². The Morgan fingerprint density at radius 1 is 1.48 bits per heavy atom. The molecule has 1 aromatic rings. The molecule has 1 aliphatic carbocycles. The van der Waals surface area contributed by atoms with Crippen molar-refractivity contribution in [2.75, 3.05) is 17.7 Å². The molecule has 0 bridgehead atoms. The van der Waals surface area contributed by atoms with Gasteiger partial charge in [0.05, 0.1) is 11.9 Å². The Morgan fingerprint density at radius 3 is 3.00 bits per heavy atom. The summed E-state index contributed by atoms with van der Waals surface area (Å²) in [5.74, 6) is 0.610. The summed E-state index contributed by atoms with van der Waals surface area (Å²) in [4.78, 5) is 12.1. The average molecular weight is 306 g/mol. The highest BCUT2D eigenvalue weighted by molar-refractivity contribution is 8.00. The largest absolute Gasteiger partial charge is 0.380 e. The van der Waals surface area contributed by atoms with E-state index in [0.717, 1.165) is 23.6 Å². The van der Waals surface area contributed by atoms with Gasteiger partial charge in [0.1, 0.15) is 0 Å². The van der Waals surface area contributed by atoms with Gasteiger partial charge in [-0.2, -0.15) is 0 Å². The highest BCUT2D eigenvalue weighted by Gasteiger charge is 2.59. The molecule has 1 amide bonds. The lowest BCUT2D eigenvalue weighted by molar-refractivity contribution is -0.115. The molecule has 2 aliphatic rings. The number of amides is 1. The van der Waals surface area contributed by atoms with Crippen LogP contribution in [0.15, 0.2) is 29.2 Å². The van der Waals surface area contributed by atoms with Crippen LogP contribution in [0.5, 0.6) is 0 Å². The summed E-state index contributed by atoms with van der Waals surface area (Å²) in [6.07, 6.45) is 1.50. The van der Waals surface area contributed by atoms with Crippen LogP contribution in [0.3, 0.4) is 0 Å². The highest BCUT2D eigenvalue weighted by Crippen LogP contribution is 2.53. The summed E-state index contributed by atoms with van der Waals surface area (Å²) in [5.41, 5.74) is 6.48. The van der Waals surface area contributed by atoms with Gasteiger partial charge in [0.25, 0.3) is 0 Å². The first-order valence-corrected chi connectivity index (χ1v) is 8.37. The maximum Gasteiger partial charge on any atom is 0.227 e. The van der Waals surface area contributed by atoms with Crippen molar-refractivity contribution < 1.29 is 9.53 Å². The maximum absolute atomic E-state index is 11.0. The Labute approximate surface area is 129 Å². The third-order valence-corrected chi connectivity index (χ3v) is 5.76. The zero-order valence-corrected chi connectivity index (χ0v) is 13.3. The molecular weight excluding hydrogens is 284 g/mol. The standard InChI is InChI=1S/C16H22N2O2S/c1-16(2)14(10-7-8-20-15(10)16)18-11-5-3-4-6-12(11)21-9-13(17)19/h3-6,10,14-15,18H,7-9H2,1-2H3,(H2,17,19). The van der Waals surface area contributed by atoms with Crippen LogP contribution in [-0.2, 0) is 9.53 Å². The monoisotopic (exact) mass is 306 g/mol. The molecule has 1 aromatic carbocycles. The lowest BCUT2D eigenvalue weighted by atomic mass is 9.57. The first-order chi connectivity index (χ1) is 10.00. The minimum Gasteiger partial charge on any atom is -0.380 e. The van der Waals surface area contributed by atoms with Gasteiger partial charge in [0, 0.05) is 34.6 Å². The van der Waals surface area contributed by atoms with Crippen molar-refractivity contribution in [2.45, 2.75) is 37.3 Å². The Bertz CT molecular complexity index is 547. The van der Waals surface area contributed by atoms with Crippen molar-refractivity contribution in [3.63, 3.8) is 0 Å². The Kier molecular flexibility index (Phi) is 3.88. The van der Waals surface area contributed by atoms with Gasteiger partial charge >= 0.3 is 0 Å². The third kappa shape index (κ3) is 2.64. The van der Waals surface area contributed by atoms with Crippen molar-refractivity contribution in [1.29, 1.82) is 0 Å². The molecule has 0 spiro atoms. The zero-order valence-electron chi connectivity index (χ0n) is 12.5. The second kappa shape index (κ2) is 5.54. The predicted octanol–water partition coefficient (Wildman–Crippen LogP) is 2.49. The van der Waals surface area contributed by atoms with Gasteiger partial charge in [-0.05, 0) is 18.6 Å². The number of benzene rings is 1. The molecule has 3 N–H and O–H groups in total. The molecule has 1 saturated heterocycles. The molecule has 1 saturated carbocycles. The second-order valence-electron chi connectivity index (χ2n) is 6.44. The molecular formula is C16H22N2O2S. The molecule has 21 heavy (non-hydrogen) atoms. The molecule has 1 heterocycles. The minimum atomic E-state index is -0.289. The average Bonchev–Trinajstić information content (AvgIpc) is 2.90. The molecule has 2 fully saturated rings. The van der Waals surface area contributed by atoms with Gasteiger partial charge in [-0.1, -0.05) is 26.0 Å². The van der Waals surface area contributed by atoms with E-state index in [-0.39, 0.29) is 11.3 Å². The molecule has 3 atom stereocenters. The van der Waals surface area contributed by atoms with Crippen LogP contribution in [0.1, 0.15) is 20.3 Å². The Balaban J connectivity index is 1.74. The van der Waals surface area contributed by atoms with E-state index in [1.807, 2.05) is 18.2 Å². The highest BCUT2D eigenvalue weighted by atomic mass is 32.2. The van der Waals surface area contributed by atoms with Crippen LogP contribution in [0.25, 0.3) is 0 Å². The van der Waals surface area contributed by atoms with E-state index in [0.29, 0.717) is 23.8 Å². The molecule has 0 aromatic heterocycles. The van der Waals surface area contributed by atoms with Crippen molar-refractivity contribution in [2.24, 2.45) is 17.1 Å². The molecule has 0 radical (unpaired) electrons. The normalized spacial score (nSPS) is 29.5. The molecule has 5 heteroatoms. The molecule has 1 aliphatic heterocycles. The molecule has 4 nitrogen and oxygen atoms in total. The van der Waals surface area contributed by atoms with Crippen LogP contribution < -0.4 is 11.1 Å². The number of fused-ring (bicyclic) bond motifs is 1. The Hall–Kier alpha value is -1.20. The summed E-state index contributed by atoms with van der Waals surface area (Å²) >= 11 is 1.49. The van der Waals surface area contributed by atoms with Gasteiger partial charge in [-0.3, -0.25) is 4.79 Å². The van der Waals surface area contributed by atoms with Crippen molar-refractivity contribution >= 4 is 23.4 Å². The molecule has 3 unspecified atom stereocenters. The SMILES string of the molecule is CC1(C)C(Nc2ccccc2SCC(N)=O)C2CCOC21. The summed E-state index contributed by atoms with van der Waals surface area (Å²) in [6.45, 7) is 5.39. The number of primary amides is 1. The van der Waals surface area contributed by atoms with Gasteiger partial charge in [0.15, 0.2) is 0 Å². The van der Waals surface area contributed by atoms with Crippen LogP contribution in [-0.4, -0.2) is 30.4 Å². The van der Waals surface area contributed by atoms with E-state index >= 15 is 0 Å². The van der Waals surface area contributed by atoms with E-state index in [2.05, 4.69) is 25.2 Å². The lowest BCUT2D eigenvalue weighted by Crippen LogP contribution is -2.63. The van der Waals surface area contributed by atoms with E-state index < -0.39 is 0 Å². The maximum atomic E-state index is 11.0. The van der Waals surface area contributed by atoms with Crippen molar-refractivity contribution in [1.82, 2.24) is 0 Å². The fourth-order valence-corrected chi connectivity index (χ4v) is 4.40. The topological polar surface area (TPSA) is 64.3 Å². The second-order valence-corrected chi connectivity index (χ2v) is 7.46. The number of rotatable bonds is 5. The van der Waals surface area contributed by atoms with Crippen LogP contribution in [0, 0.1) is 11.3 Å². The number of anilines is 1. The van der Waals surface area contributed by atoms with Crippen molar-refractivity contribution in [3.05, 3.63) is 24.3 Å². The first-order valence-electron chi connectivity index (χ1n) is 7.38. The van der Waals surface area contributed by atoms with Gasteiger partial charge < -0.3 is 15.8 Å². The number of thioether (sulfide) groups is 1. The van der Waals surface area contributed by atoms with E-state index in [1.165, 1.54) is 11.8 Å². The minimum absolute atomic E-state index is 0.141. The smallest absolute Gasteiger partial charge is 0.227 e. The number of hydrogen-bond acceptors (Lipinski definition) is 4. The van der Waals surface area contributed by atoms with Crippen molar-refractivity contribution in [3.8, 4) is 0 Å². The molecule has 3 rings (SSSR count). The summed E-state index contributed by atoms with van der Waals surface area (Å²) in [6, 6.07) is 8.53. The first kappa shape index (κ1) is 14.7. The number of ether oxygens (including phenoxy) is 1. The predicted molar refractivity (Wildman–Crippen MR) is 85.4 cm³/mol. The van der Waals surface area contributed by atoms with Crippen LogP contribution in [0.4, 0.5) is 5.69 Å². The number of nitrogens with one attached hydrogen (secondary N) is 1. The number of nitrogens with two attached hydrogens (primary N) is 1. The third-order valence-electron chi connectivity index (χ3n) is 4.67. The fourth-order valence-electron chi connectivity index (χ4n) is 3.65. The fraction of sp³-hybridized carbons (Fsp3) is 0.562. The van der Waals surface area contributed by atoms with Gasteiger partial charge in [0.2, 0.25) is 5.91 Å². The van der Waals surface area contributed by atoms with E-state index in [9.17, 15) is 4.79 Å². The van der Waals surface area contributed by atoms with Gasteiger partial charge in [-0.15, -0.1) is 11.8 Å². The van der Waals surface area contributed by atoms with Gasteiger partial charge in [-0.25, -0.2) is 0 Å². The molecule has 114 valence electrons. The Morgan fingerprint density at radius 2 is 2.24 bits per heavy atom. The van der Waals surface area contributed by atoms with E-state index in [1.54, 1.807) is 0 Å². The van der Waals surface area contributed by atoms with Crippen LogP contribution >= 0.6 is 11.8 Å². The number of carbonyl (C=O) groups is 1. The summed E-state index contributed by atoms with van der Waals surface area (Å²) in [7, 11) is 0. The number of carbonyl (C=O) groups excluding carboxylic acids is 1. The number of para-hydroxylation sites is 1. The summed E-state index contributed by atoms with van der Waals surface area (Å²) in [5, 5.41) is 3.68. The lowest BCUT2D eigenvalue weighted by Gasteiger charge is -2.55. The van der Waals surface area contributed by atoms with Crippen LogP contribution in [0.2, 0.25) is 0 Å². The number of hydrogen-bond donors (Lipinski definition) is 2. The quantitative estimate of drug-likeness (QED) is 0.820.